The molecule has 8 nitrogen and oxygen atoms in total. The Labute approximate surface area is 209 Å². The van der Waals surface area contributed by atoms with E-state index in [1.54, 1.807) is 12.2 Å². The van der Waals surface area contributed by atoms with Gasteiger partial charge in [-0.3, -0.25) is 4.79 Å². The predicted octanol–water partition coefficient (Wildman–Crippen LogP) is 2.90. The lowest BCUT2D eigenvalue weighted by molar-refractivity contribution is -0.675. The van der Waals surface area contributed by atoms with Crippen molar-refractivity contribution in [3.05, 3.63) is 83.2 Å². The van der Waals surface area contributed by atoms with E-state index >= 15 is 0 Å². The molecule has 5 rings (SSSR count). The van der Waals surface area contributed by atoms with Crippen molar-refractivity contribution < 1.29 is 24.7 Å². The number of carbonyl (C=O) groups excluding carboxylic acids is 1. The van der Waals surface area contributed by atoms with Crippen molar-refractivity contribution in [1.82, 2.24) is 4.57 Å². The van der Waals surface area contributed by atoms with Crippen LogP contribution in [0.25, 0.3) is 17.1 Å². The molecule has 2 aromatic carbocycles. The summed E-state index contributed by atoms with van der Waals surface area (Å²) in [6.07, 6.45) is 3.43. The van der Waals surface area contributed by atoms with Crippen LogP contribution in [-0.2, 0) is 17.9 Å². The number of aliphatic hydroxyl groups excluding tert-OH is 3. The number of hydrogen-bond donors (Lipinski definition) is 3. The Morgan fingerprint density at radius 2 is 1.58 bits per heavy atom. The molecular weight excluding hydrogens is 456 g/mol. The maximum atomic E-state index is 13.3. The van der Waals surface area contributed by atoms with Crippen LogP contribution in [0.5, 0.6) is 0 Å². The van der Waals surface area contributed by atoms with Crippen molar-refractivity contribution in [2.45, 2.75) is 26.9 Å². The number of carbonyl (C=O) groups is 1. The van der Waals surface area contributed by atoms with Gasteiger partial charge < -0.3 is 25.1 Å². The van der Waals surface area contributed by atoms with Crippen molar-refractivity contribution in [3.63, 3.8) is 0 Å². The molecule has 3 N–H and O–H groups in total. The second-order valence-electron chi connectivity index (χ2n) is 8.73. The number of Topliss-reactive ketones (excluding diaryl/α,β-unsaturated/α-hetero) is 1. The van der Waals surface area contributed by atoms with Crippen LogP contribution < -0.4 is 14.4 Å². The van der Waals surface area contributed by atoms with Gasteiger partial charge in [-0.25, -0.2) is 9.13 Å². The lowest BCUT2D eigenvalue weighted by Gasteiger charge is -2.26. The van der Waals surface area contributed by atoms with Crippen molar-refractivity contribution in [1.29, 1.82) is 0 Å². The Hall–Kier alpha value is -3.88. The number of allylic oxidation sites excluding steroid dienone is 3. The summed E-state index contributed by atoms with van der Waals surface area (Å²) >= 11 is 0. The first-order valence-electron chi connectivity index (χ1n) is 12.3. The molecule has 36 heavy (non-hydrogen) atoms. The van der Waals surface area contributed by atoms with Crippen molar-refractivity contribution >= 4 is 34.3 Å². The maximum Gasteiger partial charge on any atom is 0.283 e. The van der Waals surface area contributed by atoms with Gasteiger partial charge in [-0.2, -0.15) is 0 Å². The monoisotopic (exact) mass is 487 g/mol. The molecule has 0 atom stereocenters. The van der Waals surface area contributed by atoms with Crippen LogP contribution in [-0.4, -0.2) is 52.0 Å². The van der Waals surface area contributed by atoms with Gasteiger partial charge in [0.05, 0.1) is 42.3 Å². The lowest BCUT2D eigenvalue weighted by Crippen LogP contribution is -2.39. The minimum Gasteiger partial charge on any atom is -0.506 e. The highest BCUT2D eigenvalue weighted by Crippen LogP contribution is 2.43. The molecule has 0 saturated heterocycles. The predicted molar refractivity (Wildman–Crippen MR) is 140 cm³/mol. The number of hydrogen-bond acceptors (Lipinski definition) is 6. The zero-order valence-electron chi connectivity index (χ0n) is 20.6. The summed E-state index contributed by atoms with van der Waals surface area (Å²) in [5.74, 6) is 1.21. The summed E-state index contributed by atoms with van der Waals surface area (Å²) < 4.78 is 4.04. The number of benzene rings is 2. The normalized spacial score (nSPS) is 17.6. The minimum atomic E-state index is -0.237. The van der Waals surface area contributed by atoms with E-state index in [1.807, 2.05) is 71.8 Å². The Balaban J connectivity index is 1.59. The van der Waals surface area contributed by atoms with Crippen LogP contribution in [0.3, 0.4) is 0 Å². The molecule has 1 aliphatic carbocycles. The Kier molecular flexibility index (Phi) is 6.38. The van der Waals surface area contributed by atoms with Crippen molar-refractivity contribution in [2.75, 3.05) is 36.1 Å². The van der Waals surface area contributed by atoms with Crippen molar-refractivity contribution in [2.24, 2.45) is 0 Å². The van der Waals surface area contributed by atoms with Gasteiger partial charge in [0, 0.05) is 19.2 Å². The molecule has 0 unspecified atom stereocenters. The van der Waals surface area contributed by atoms with E-state index in [9.17, 15) is 20.1 Å². The molecular formula is C28H31N4O4+. The quantitative estimate of drug-likeness (QED) is 0.334. The molecule has 1 aliphatic heterocycles. The number of nitrogens with zero attached hydrogens (tertiary/aromatic N) is 4. The number of para-hydroxylation sites is 4. The number of aromatic nitrogens is 2. The van der Waals surface area contributed by atoms with Gasteiger partial charge in [0.15, 0.2) is 11.0 Å². The zero-order chi connectivity index (χ0) is 25.4. The summed E-state index contributed by atoms with van der Waals surface area (Å²) in [5, 5.41) is 30.4. The summed E-state index contributed by atoms with van der Waals surface area (Å²) in [6, 6.07) is 15.8. The second kappa shape index (κ2) is 9.64. The molecule has 1 aromatic heterocycles. The molecule has 0 radical (unpaired) electrons. The third kappa shape index (κ3) is 3.61. The van der Waals surface area contributed by atoms with E-state index in [1.165, 1.54) is 0 Å². The van der Waals surface area contributed by atoms with Crippen LogP contribution in [0.1, 0.15) is 19.7 Å². The summed E-state index contributed by atoms with van der Waals surface area (Å²) in [7, 11) is 0. The molecule has 3 aromatic rings. The lowest BCUT2D eigenvalue weighted by atomic mass is 9.87. The molecule has 0 spiro atoms. The first kappa shape index (κ1) is 23.8. The first-order chi connectivity index (χ1) is 17.5. The molecule has 0 saturated carbocycles. The molecule has 0 fully saturated rings. The van der Waals surface area contributed by atoms with E-state index in [2.05, 4.69) is 9.47 Å². The van der Waals surface area contributed by atoms with Gasteiger partial charge in [0.25, 0.3) is 5.82 Å². The minimum absolute atomic E-state index is 0.0419. The topological polar surface area (TPSA) is 93.1 Å². The number of fused-ring (bicyclic) bond motifs is 2. The van der Waals surface area contributed by atoms with E-state index < -0.39 is 0 Å². The fraction of sp³-hybridized carbons (Fsp3) is 0.286. The molecule has 0 amide bonds. The van der Waals surface area contributed by atoms with Crippen LogP contribution in [0.2, 0.25) is 0 Å². The van der Waals surface area contributed by atoms with Crippen molar-refractivity contribution in [3.8, 4) is 0 Å². The number of ketones is 1. The van der Waals surface area contributed by atoms with Gasteiger partial charge in [-0.15, -0.1) is 0 Å². The fourth-order valence-corrected chi connectivity index (χ4v) is 5.24. The number of imidazole rings is 1. The summed E-state index contributed by atoms with van der Waals surface area (Å²) in [6.45, 7) is 6.07. The average molecular weight is 488 g/mol. The van der Waals surface area contributed by atoms with Gasteiger partial charge in [0.2, 0.25) is 5.78 Å². The third-order valence-corrected chi connectivity index (χ3v) is 6.86. The maximum absolute atomic E-state index is 13.3. The Morgan fingerprint density at radius 3 is 2.22 bits per heavy atom. The molecule has 0 bridgehead atoms. The molecule has 2 aliphatic rings. The number of aliphatic hydroxyl groups is 3. The smallest absolute Gasteiger partial charge is 0.283 e. The number of aryl methyl sites for hydroxylation is 1. The summed E-state index contributed by atoms with van der Waals surface area (Å²) in [4.78, 5) is 17.3. The SMILES string of the molecule is CCN1C(=CC2=C(O)C(=Cc3n(CC)c4ccccc4[n+]3CCO)C2=O)N(CCO)c2ccccc21. The van der Waals surface area contributed by atoms with Crippen LogP contribution in [0.4, 0.5) is 11.4 Å². The third-order valence-electron chi connectivity index (χ3n) is 6.86. The van der Waals surface area contributed by atoms with Gasteiger partial charge in [-0.05, 0) is 44.2 Å². The van der Waals surface area contributed by atoms with Gasteiger partial charge in [-0.1, -0.05) is 24.3 Å². The van der Waals surface area contributed by atoms with Crippen LogP contribution >= 0.6 is 0 Å². The van der Waals surface area contributed by atoms with E-state index in [4.69, 9.17) is 0 Å². The highest BCUT2D eigenvalue weighted by molar-refractivity contribution is 6.23. The number of β-amino-alcohol motifs (C(OH)–C–C–N with tert-alkyl or cyclic N) is 1. The van der Waals surface area contributed by atoms with E-state index in [0.29, 0.717) is 26.2 Å². The molecule has 2 heterocycles. The number of rotatable bonds is 8. The zero-order valence-corrected chi connectivity index (χ0v) is 20.6. The molecule has 186 valence electrons. The van der Waals surface area contributed by atoms with Gasteiger partial charge in [0.1, 0.15) is 18.1 Å². The van der Waals surface area contributed by atoms with E-state index in [0.717, 1.165) is 34.1 Å². The standard InChI is InChI=1S/C28H30N4O4/c1-3-29-21-9-5-7-11-23(21)31(13-15-33)25(29)17-19-27(35)20(28(19)36)18-26-30(4-2)22-10-6-8-12-24(22)32(26)14-16-34/h5-12,17-18,33-34H,3-4,13-16H2,1-2H3/p+1. The van der Waals surface area contributed by atoms with Crippen LogP contribution in [0, 0.1) is 0 Å². The summed E-state index contributed by atoms with van der Waals surface area (Å²) in [5.41, 5.74) is 4.41. The largest absolute Gasteiger partial charge is 0.506 e. The first-order valence-corrected chi connectivity index (χ1v) is 12.3. The fourth-order valence-electron chi connectivity index (χ4n) is 5.24. The Morgan fingerprint density at radius 1 is 0.889 bits per heavy atom. The van der Waals surface area contributed by atoms with E-state index in [-0.39, 0.29) is 35.9 Å². The highest BCUT2D eigenvalue weighted by atomic mass is 16.3. The highest BCUT2D eigenvalue weighted by Gasteiger charge is 2.37. The molecule has 8 heteroatoms. The van der Waals surface area contributed by atoms with Crippen LogP contribution in [0.15, 0.2) is 77.3 Å². The second-order valence-corrected chi connectivity index (χ2v) is 8.73. The average Bonchev–Trinajstić information content (AvgIpc) is 3.37. The number of anilines is 2. The Bertz CT molecular complexity index is 1430. The van der Waals surface area contributed by atoms with Gasteiger partial charge >= 0.3 is 0 Å².